The smallest absolute Gasteiger partial charge is 0.0963 e. The van der Waals surface area contributed by atoms with E-state index in [4.69, 9.17) is 23.2 Å². The second-order valence-electron chi connectivity index (χ2n) is 2.82. The lowest BCUT2D eigenvalue weighted by Gasteiger charge is -2.15. The van der Waals surface area contributed by atoms with Crippen molar-refractivity contribution in [3.63, 3.8) is 0 Å². The van der Waals surface area contributed by atoms with Crippen LogP contribution in [0, 0.1) is 0 Å². The van der Waals surface area contributed by atoms with Gasteiger partial charge >= 0.3 is 0 Å². The minimum Gasteiger partial charge on any atom is -0.0963 e. The molecule has 9 heavy (non-hydrogen) atoms. The van der Waals surface area contributed by atoms with Crippen LogP contribution in [0.2, 0.25) is 0 Å². The first-order chi connectivity index (χ1) is 4.20. The molecule has 0 amide bonds. The minimum absolute atomic E-state index is 0.435. The fourth-order valence-electron chi connectivity index (χ4n) is 1.22. The van der Waals surface area contributed by atoms with Gasteiger partial charge < -0.3 is 0 Å². The van der Waals surface area contributed by atoms with Crippen LogP contribution in [0.25, 0.3) is 0 Å². The molecule has 0 radical (unpaired) electrons. The number of allylic oxidation sites excluding steroid dienone is 2. The highest BCUT2D eigenvalue weighted by molar-refractivity contribution is 6.53. The second kappa shape index (κ2) is 1.67. The van der Waals surface area contributed by atoms with Gasteiger partial charge in [-0.1, -0.05) is 28.8 Å². The van der Waals surface area contributed by atoms with Crippen molar-refractivity contribution >= 4 is 23.2 Å². The molecule has 0 bridgehead atoms. The van der Waals surface area contributed by atoms with Crippen molar-refractivity contribution in [2.45, 2.75) is 30.0 Å². The topological polar surface area (TPSA) is 0 Å². The van der Waals surface area contributed by atoms with Crippen LogP contribution in [0.3, 0.4) is 0 Å². The highest BCUT2D eigenvalue weighted by atomic mass is 35.5. The van der Waals surface area contributed by atoms with E-state index in [9.17, 15) is 0 Å². The maximum absolute atomic E-state index is 5.82. The quantitative estimate of drug-likeness (QED) is 0.380. The van der Waals surface area contributed by atoms with Gasteiger partial charge in [0, 0.05) is 6.42 Å². The minimum atomic E-state index is -0.435. The van der Waals surface area contributed by atoms with E-state index in [1.54, 1.807) is 0 Å². The summed E-state index contributed by atoms with van der Waals surface area (Å²) < 4.78 is -0.435. The molecule has 2 heteroatoms. The molecule has 2 aliphatic rings. The van der Waals surface area contributed by atoms with Gasteiger partial charge in [0.15, 0.2) is 0 Å². The van der Waals surface area contributed by atoms with E-state index >= 15 is 0 Å². The highest BCUT2D eigenvalue weighted by Crippen LogP contribution is 2.57. The summed E-state index contributed by atoms with van der Waals surface area (Å²) in [7, 11) is 0. The van der Waals surface area contributed by atoms with Gasteiger partial charge in [-0.3, -0.25) is 0 Å². The first kappa shape index (κ1) is 6.06. The molecule has 0 saturated heterocycles. The van der Waals surface area contributed by atoms with Crippen LogP contribution in [0.15, 0.2) is 11.1 Å². The first-order valence-corrected chi connectivity index (χ1v) is 4.05. The zero-order valence-electron chi connectivity index (χ0n) is 5.08. The molecular weight excluding hydrogens is 155 g/mol. The molecular formula is C7H8Cl2. The summed E-state index contributed by atoms with van der Waals surface area (Å²) in [5.41, 5.74) is 2.84. The summed E-state index contributed by atoms with van der Waals surface area (Å²) >= 11 is 11.6. The zero-order chi connectivity index (χ0) is 6.48. The molecule has 0 unspecified atom stereocenters. The molecule has 0 aliphatic heterocycles. The Kier molecular flexibility index (Phi) is 1.13. The Labute approximate surface area is 64.8 Å². The number of hydrogen-bond donors (Lipinski definition) is 0. The van der Waals surface area contributed by atoms with Crippen LogP contribution >= 0.6 is 23.2 Å². The Hall–Kier alpha value is 0.320. The third kappa shape index (κ3) is 0.890. The summed E-state index contributed by atoms with van der Waals surface area (Å²) in [6.45, 7) is 0. The van der Waals surface area contributed by atoms with Gasteiger partial charge in [0.2, 0.25) is 0 Å². The average Bonchev–Trinajstić information content (AvgIpc) is 2.07. The van der Waals surface area contributed by atoms with Crippen molar-refractivity contribution in [2.75, 3.05) is 0 Å². The summed E-state index contributed by atoms with van der Waals surface area (Å²) in [5, 5.41) is 0. The van der Waals surface area contributed by atoms with Crippen LogP contribution < -0.4 is 0 Å². The van der Waals surface area contributed by atoms with Gasteiger partial charge in [-0.15, -0.1) is 0 Å². The Morgan fingerprint density at radius 3 is 1.89 bits per heavy atom. The van der Waals surface area contributed by atoms with Crippen LogP contribution in [0.1, 0.15) is 25.7 Å². The SMILES string of the molecule is ClC1(Cl)CC1=C1CCC1. The van der Waals surface area contributed by atoms with E-state index in [2.05, 4.69) is 0 Å². The maximum Gasteiger partial charge on any atom is 0.143 e. The van der Waals surface area contributed by atoms with E-state index in [0.717, 1.165) is 6.42 Å². The molecule has 2 saturated carbocycles. The van der Waals surface area contributed by atoms with E-state index in [-0.39, 0.29) is 0 Å². The molecule has 0 aromatic heterocycles. The van der Waals surface area contributed by atoms with E-state index in [1.165, 1.54) is 30.4 Å². The summed E-state index contributed by atoms with van der Waals surface area (Å²) in [6.07, 6.45) is 4.75. The summed E-state index contributed by atoms with van der Waals surface area (Å²) in [6, 6.07) is 0. The average molecular weight is 163 g/mol. The Bertz CT molecular complexity index is 173. The Morgan fingerprint density at radius 2 is 1.78 bits per heavy atom. The van der Waals surface area contributed by atoms with Gasteiger partial charge in [0.05, 0.1) is 0 Å². The fourth-order valence-corrected chi connectivity index (χ4v) is 1.75. The Balaban J connectivity index is 2.17. The number of halogens is 2. The highest BCUT2D eigenvalue weighted by Gasteiger charge is 2.47. The molecule has 0 nitrogen and oxygen atoms in total. The monoisotopic (exact) mass is 162 g/mol. The molecule has 2 rings (SSSR count). The van der Waals surface area contributed by atoms with E-state index in [0.29, 0.717) is 0 Å². The van der Waals surface area contributed by atoms with Crippen LogP contribution in [-0.2, 0) is 0 Å². The predicted octanol–water partition coefficient (Wildman–Crippen LogP) is 3.04. The van der Waals surface area contributed by atoms with Gasteiger partial charge in [-0.05, 0) is 24.8 Å². The van der Waals surface area contributed by atoms with Crippen LogP contribution in [0.5, 0.6) is 0 Å². The maximum atomic E-state index is 5.82. The first-order valence-electron chi connectivity index (χ1n) is 3.29. The van der Waals surface area contributed by atoms with Crippen LogP contribution in [0.4, 0.5) is 0 Å². The molecule has 50 valence electrons. The molecule has 0 heterocycles. The van der Waals surface area contributed by atoms with Crippen LogP contribution in [-0.4, -0.2) is 4.33 Å². The van der Waals surface area contributed by atoms with Gasteiger partial charge in [-0.25, -0.2) is 0 Å². The summed E-state index contributed by atoms with van der Waals surface area (Å²) in [5.74, 6) is 0. The number of hydrogen-bond acceptors (Lipinski definition) is 0. The van der Waals surface area contributed by atoms with E-state index < -0.39 is 4.33 Å². The second-order valence-corrected chi connectivity index (χ2v) is 4.30. The molecule has 0 aromatic rings. The van der Waals surface area contributed by atoms with Gasteiger partial charge in [0.1, 0.15) is 4.33 Å². The normalized spacial score (nSPS) is 30.0. The van der Waals surface area contributed by atoms with Crippen molar-refractivity contribution in [3.05, 3.63) is 11.1 Å². The van der Waals surface area contributed by atoms with Crippen molar-refractivity contribution < 1.29 is 0 Å². The third-order valence-electron chi connectivity index (χ3n) is 2.10. The van der Waals surface area contributed by atoms with Gasteiger partial charge in [-0.2, -0.15) is 0 Å². The van der Waals surface area contributed by atoms with Crippen molar-refractivity contribution in [3.8, 4) is 0 Å². The largest absolute Gasteiger partial charge is 0.143 e. The van der Waals surface area contributed by atoms with Crippen molar-refractivity contribution in [1.29, 1.82) is 0 Å². The lowest BCUT2D eigenvalue weighted by atomic mass is 9.92. The standard InChI is InChI=1S/C7H8Cl2/c8-7(9)4-6(7)5-2-1-3-5/h1-4H2. The molecule has 0 aromatic carbocycles. The Morgan fingerprint density at radius 1 is 1.22 bits per heavy atom. The molecule has 0 spiro atoms. The molecule has 2 aliphatic carbocycles. The van der Waals surface area contributed by atoms with E-state index in [1.807, 2.05) is 0 Å². The zero-order valence-corrected chi connectivity index (χ0v) is 6.60. The molecule has 2 fully saturated rings. The van der Waals surface area contributed by atoms with Gasteiger partial charge in [0.25, 0.3) is 0 Å². The lowest BCUT2D eigenvalue weighted by molar-refractivity contribution is 0.658. The van der Waals surface area contributed by atoms with Crippen molar-refractivity contribution in [2.24, 2.45) is 0 Å². The predicted molar refractivity (Wildman–Crippen MR) is 39.9 cm³/mol. The lowest BCUT2D eigenvalue weighted by Crippen LogP contribution is -1.98. The molecule has 0 atom stereocenters. The summed E-state index contributed by atoms with van der Waals surface area (Å²) in [4.78, 5) is 0. The fraction of sp³-hybridized carbons (Fsp3) is 0.714. The molecule has 0 N–H and O–H groups in total. The third-order valence-corrected chi connectivity index (χ3v) is 2.82. The van der Waals surface area contributed by atoms with Crippen molar-refractivity contribution in [1.82, 2.24) is 0 Å². The number of rotatable bonds is 0. The number of alkyl halides is 2.